The van der Waals surface area contributed by atoms with Crippen LogP contribution < -0.4 is 15.4 Å². The van der Waals surface area contributed by atoms with Crippen LogP contribution in [0.15, 0.2) is 42.5 Å². The van der Waals surface area contributed by atoms with Crippen LogP contribution in [0, 0.1) is 6.92 Å². The maximum absolute atomic E-state index is 12.1. The molecule has 2 rings (SSSR count). The number of amides is 2. The lowest BCUT2D eigenvalue weighted by molar-refractivity contribution is -0.133. The normalized spacial score (nSPS) is 9.96. The number of ether oxygens (including phenoxy) is 2. The molecule has 0 aliphatic carbocycles. The van der Waals surface area contributed by atoms with Gasteiger partial charge in [0.25, 0.3) is 0 Å². The molecule has 26 heavy (non-hydrogen) atoms. The highest BCUT2D eigenvalue weighted by Gasteiger charge is 2.16. The minimum atomic E-state index is -0.836. The molecule has 0 aromatic heterocycles. The van der Waals surface area contributed by atoms with Crippen LogP contribution in [-0.2, 0) is 14.3 Å². The maximum atomic E-state index is 12.1. The van der Waals surface area contributed by atoms with Gasteiger partial charge in [0, 0.05) is 5.69 Å². The van der Waals surface area contributed by atoms with Crippen molar-refractivity contribution in [3.8, 4) is 5.75 Å². The topological polar surface area (TPSA) is 93.7 Å². The van der Waals surface area contributed by atoms with E-state index < -0.39 is 17.8 Å². The average molecular weight is 356 g/mol. The third kappa shape index (κ3) is 4.83. The van der Waals surface area contributed by atoms with Crippen molar-refractivity contribution < 1.29 is 23.9 Å². The first-order chi connectivity index (χ1) is 12.4. The molecule has 136 valence electrons. The van der Waals surface area contributed by atoms with Crippen molar-refractivity contribution in [2.75, 3.05) is 24.4 Å². The largest absolute Gasteiger partial charge is 0.495 e. The van der Waals surface area contributed by atoms with Gasteiger partial charge in [0.15, 0.2) is 0 Å². The van der Waals surface area contributed by atoms with E-state index in [1.807, 2.05) is 13.0 Å². The molecule has 2 N–H and O–H groups in total. The number of carbonyl (C=O) groups is 3. The molecule has 0 aliphatic rings. The Kier molecular flexibility index (Phi) is 6.32. The van der Waals surface area contributed by atoms with Gasteiger partial charge in [-0.3, -0.25) is 9.59 Å². The summed E-state index contributed by atoms with van der Waals surface area (Å²) in [4.78, 5) is 35.8. The number of rotatable bonds is 5. The Bertz CT molecular complexity index is 815. The fourth-order valence-corrected chi connectivity index (χ4v) is 2.19. The maximum Gasteiger partial charge on any atom is 0.338 e. The molecule has 0 heterocycles. The first-order valence-corrected chi connectivity index (χ1v) is 7.98. The van der Waals surface area contributed by atoms with Crippen LogP contribution in [0.4, 0.5) is 11.4 Å². The highest BCUT2D eigenvalue weighted by atomic mass is 16.5. The van der Waals surface area contributed by atoms with Crippen LogP contribution >= 0.6 is 0 Å². The van der Waals surface area contributed by atoms with Gasteiger partial charge >= 0.3 is 17.8 Å². The molecule has 0 fully saturated rings. The average Bonchev–Trinajstić information content (AvgIpc) is 2.62. The molecule has 0 spiro atoms. The Hall–Kier alpha value is -3.35. The van der Waals surface area contributed by atoms with Gasteiger partial charge in [-0.15, -0.1) is 0 Å². The minimum Gasteiger partial charge on any atom is -0.495 e. The number of hydrogen-bond acceptors (Lipinski definition) is 5. The van der Waals surface area contributed by atoms with E-state index in [1.54, 1.807) is 19.1 Å². The van der Waals surface area contributed by atoms with E-state index in [1.165, 1.54) is 31.4 Å². The van der Waals surface area contributed by atoms with Crippen molar-refractivity contribution in [1.29, 1.82) is 0 Å². The van der Waals surface area contributed by atoms with E-state index in [0.717, 1.165) is 5.56 Å². The summed E-state index contributed by atoms with van der Waals surface area (Å²) < 4.78 is 10.0. The van der Waals surface area contributed by atoms with Gasteiger partial charge in [-0.2, -0.15) is 0 Å². The van der Waals surface area contributed by atoms with Crippen LogP contribution in [0.1, 0.15) is 22.8 Å². The summed E-state index contributed by atoms with van der Waals surface area (Å²) in [5, 5.41) is 4.99. The summed E-state index contributed by atoms with van der Waals surface area (Å²) in [6, 6.07) is 11.3. The fraction of sp³-hybridized carbons (Fsp3) is 0.211. The summed E-state index contributed by atoms with van der Waals surface area (Å²) in [6.07, 6.45) is 0. The van der Waals surface area contributed by atoms with Crippen molar-refractivity contribution in [3.05, 3.63) is 53.6 Å². The zero-order chi connectivity index (χ0) is 19.1. The first-order valence-electron chi connectivity index (χ1n) is 7.98. The highest BCUT2D eigenvalue weighted by molar-refractivity contribution is 6.43. The quantitative estimate of drug-likeness (QED) is 0.635. The standard InChI is InChI=1S/C19H20N2O5/c1-4-26-19(24)13-6-8-14(9-7-13)20-17(22)18(23)21-15-11-12(2)5-10-16(15)25-3/h5-11H,4H2,1-3H3,(H,20,22)(H,21,23). The van der Waals surface area contributed by atoms with E-state index >= 15 is 0 Å². The van der Waals surface area contributed by atoms with E-state index in [0.29, 0.717) is 22.7 Å². The van der Waals surface area contributed by atoms with Crippen LogP contribution in [0.5, 0.6) is 5.75 Å². The number of aryl methyl sites for hydroxylation is 1. The van der Waals surface area contributed by atoms with Crippen molar-refractivity contribution in [2.45, 2.75) is 13.8 Å². The van der Waals surface area contributed by atoms with Crippen LogP contribution in [0.25, 0.3) is 0 Å². The Balaban J connectivity index is 2.02. The molecule has 0 aliphatic heterocycles. The molecule has 0 unspecified atom stereocenters. The van der Waals surface area contributed by atoms with Gasteiger partial charge in [0.2, 0.25) is 0 Å². The highest BCUT2D eigenvalue weighted by Crippen LogP contribution is 2.25. The summed E-state index contributed by atoms with van der Waals surface area (Å²) in [6.45, 7) is 3.86. The number of esters is 1. The molecule has 7 heteroatoms. The summed E-state index contributed by atoms with van der Waals surface area (Å²) in [7, 11) is 1.48. The van der Waals surface area contributed by atoms with Crippen LogP contribution in [0.3, 0.4) is 0 Å². The van der Waals surface area contributed by atoms with Crippen LogP contribution in [0.2, 0.25) is 0 Å². The molecule has 2 amide bonds. The van der Waals surface area contributed by atoms with Gasteiger partial charge in [0.1, 0.15) is 5.75 Å². The number of carbonyl (C=O) groups excluding carboxylic acids is 3. The summed E-state index contributed by atoms with van der Waals surface area (Å²) in [5.74, 6) is -1.66. The van der Waals surface area contributed by atoms with E-state index in [-0.39, 0.29) is 6.61 Å². The van der Waals surface area contributed by atoms with Crippen molar-refractivity contribution in [2.24, 2.45) is 0 Å². The lowest BCUT2D eigenvalue weighted by Gasteiger charge is -2.11. The Morgan fingerprint density at radius 3 is 2.23 bits per heavy atom. The zero-order valence-corrected chi connectivity index (χ0v) is 14.8. The van der Waals surface area contributed by atoms with E-state index in [2.05, 4.69) is 10.6 Å². The molecule has 0 saturated carbocycles. The summed E-state index contributed by atoms with van der Waals surface area (Å²) in [5.41, 5.74) is 2.06. The van der Waals surface area contributed by atoms with Gasteiger partial charge in [-0.1, -0.05) is 6.07 Å². The molecule has 2 aromatic carbocycles. The van der Waals surface area contributed by atoms with Gasteiger partial charge < -0.3 is 20.1 Å². The molecule has 0 saturated heterocycles. The predicted molar refractivity (Wildman–Crippen MR) is 97.4 cm³/mol. The number of anilines is 2. The molecule has 2 aromatic rings. The monoisotopic (exact) mass is 356 g/mol. The minimum absolute atomic E-state index is 0.278. The molecule has 0 bridgehead atoms. The molecular formula is C19H20N2O5. The lowest BCUT2D eigenvalue weighted by Crippen LogP contribution is -2.29. The first kappa shape index (κ1) is 19.0. The lowest BCUT2D eigenvalue weighted by atomic mass is 10.2. The van der Waals surface area contributed by atoms with E-state index in [9.17, 15) is 14.4 Å². The van der Waals surface area contributed by atoms with Crippen molar-refractivity contribution >= 4 is 29.2 Å². The number of hydrogen-bond donors (Lipinski definition) is 2. The predicted octanol–water partition coefficient (Wildman–Crippen LogP) is 2.76. The van der Waals surface area contributed by atoms with Crippen molar-refractivity contribution in [3.63, 3.8) is 0 Å². The van der Waals surface area contributed by atoms with E-state index in [4.69, 9.17) is 9.47 Å². The third-order valence-electron chi connectivity index (χ3n) is 3.46. The van der Waals surface area contributed by atoms with Gasteiger partial charge in [-0.25, -0.2) is 4.79 Å². The number of methoxy groups -OCH3 is 1. The molecule has 0 atom stereocenters. The Morgan fingerprint density at radius 2 is 1.62 bits per heavy atom. The molecule has 0 radical (unpaired) electrons. The van der Waals surface area contributed by atoms with Gasteiger partial charge in [-0.05, 0) is 55.8 Å². The molecule has 7 nitrogen and oxygen atoms in total. The number of benzene rings is 2. The number of nitrogens with one attached hydrogen (secondary N) is 2. The van der Waals surface area contributed by atoms with Crippen molar-refractivity contribution in [1.82, 2.24) is 0 Å². The zero-order valence-electron chi connectivity index (χ0n) is 14.8. The Labute approximate surface area is 151 Å². The Morgan fingerprint density at radius 1 is 0.962 bits per heavy atom. The SMILES string of the molecule is CCOC(=O)c1ccc(NC(=O)C(=O)Nc2cc(C)ccc2OC)cc1. The fourth-order valence-electron chi connectivity index (χ4n) is 2.19. The second-order valence-electron chi connectivity index (χ2n) is 5.41. The molecular weight excluding hydrogens is 336 g/mol. The second kappa shape index (κ2) is 8.66. The third-order valence-corrected chi connectivity index (χ3v) is 3.46. The smallest absolute Gasteiger partial charge is 0.338 e. The second-order valence-corrected chi connectivity index (χ2v) is 5.41. The van der Waals surface area contributed by atoms with Crippen LogP contribution in [-0.4, -0.2) is 31.5 Å². The van der Waals surface area contributed by atoms with Gasteiger partial charge in [0.05, 0.1) is 25.0 Å². The summed E-state index contributed by atoms with van der Waals surface area (Å²) >= 11 is 0.